The number of hydrogen-bond acceptors (Lipinski definition) is 3. The highest BCUT2D eigenvalue weighted by molar-refractivity contribution is 6.33. The zero-order valence-electron chi connectivity index (χ0n) is 16.9. The number of rotatable bonds is 7. The molecule has 4 rings (SSSR count). The zero-order valence-corrected chi connectivity index (χ0v) is 18.4. The Balaban J connectivity index is 1.30. The molecule has 1 aliphatic heterocycles. The highest BCUT2D eigenvalue weighted by atomic mass is 35.5. The van der Waals surface area contributed by atoms with Crippen LogP contribution in [0.2, 0.25) is 10.0 Å². The Morgan fingerprint density at radius 2 is 1.60 bits per heavy atom. The van der Waals surface area contributed by atoms with Gasteiger partial charge in [-0.2, -0.15) is 0 Å². The van der Waals surface area contributed by atoms with Gasteiger partial charge in [0, 0.05) is 35.9 Å². The molecule has 1 aliphatic rings. The second-order valence-corrected chi connectivity index (χ2v) is 8.41. The highest BCUT2D eigenvalue weighted by Gasteiger charge is 2.14. The summed E-state index contributed by atoms with van der Waals surface area (Å²) in [6.45, 7) is 3.37. The molecular weight excluding hydrogens is 415 g/mol. The molecule has 0 bridgehead atoms. The number of ether oxygens (including phenoxy) is 1. The minimum atomic E-state index is 0.457. The third-order valence-corrected chi connectivity index (χ3v) is 6.09. The van der Waals surface area contributed by atoms with Gasteiger partial charge in [0.05, 0.1) is 10.7 Å². The first-order chi connectivity index (χ1) is 14.7. The Bertz CT molecular complexity index is 969. The first kappa shape index (κ1) is 20.9. The van der Waals surface area contributed by atoms with Crippen LogP contribution in [0.5, 0.6) is 5.75 Å². The van der Waals surface area contributed by atoms with Crippen molar-refractivity contribution in [2.75, 3.05) is 23.3 Å². The molecule has 0 aliphatic carbocycles. The molecule has 5 heteroatoms. The monoisotopic (exact) mass is 440 g/mol. The molecule has 3 nitrogen and oxygen atoms in total. The molecule has 1 N–H and O–H groups in total. The molecule has 0 saturated carbocycles. The van der Waals surface area contributed by atoms with Gasteiger partial charge >= 0.3 is 0 Å². The van der Waals surface area contributed by atoms with Crippen LogP contribution in [0.3, 0.4) is 0 Å². The average molecular weight is 441 g/mol. The largest absolute Gasteiger partial charge is 0.489 e. The molecule has 0 spiro atoms. The SMILES string of the molecule is Clc1ccccc1COc1ccc(CNc2ccc(N3CCCCC3)c(Cl)c2)cc1. The quantitative estimate of drug-likeness (QED) is 0.421. The molecule has 0 amide bonds. The lowest BCUT2D eigenvalue weighted by molar-refractivity contribution is 0.306. The van der Waals surface area contributed by atoms with E-state index in [9.17, 15) is 0 Å². The first-order valence-electron chi connectivity index (χ1n) is 10.4. The zero-order chi connectivity index (χ0) is 20.8. The van der Waals surface area contributed by atoms with Crippen LogP contribution < -0.4 is 15.0 Å². The van der Waals surface area contributed by atoms with E-state index < -0.39 is 0 Å². The normalized spacial score (nSPS) is 13.9. The van der Waals surface area contributed by atoms with Crippen molar-refractivity contribution in [2.24, 2.45) is 0 Å². The third-order valence-electron chi connectivity index (χ3n) is 5.42. The van der Waals surface area contributed by atoms with Crippen molar-refractivity contribution in [1.29, 1.82) is 0 Å². The van der Waals surface area contributed by atoms with Gasteiger partial charge in [0.1, 0.15) is 12.4 Å². The molecule has 0 aromatic heterocycles. The fourth-order valence-electron chi connectivity index (χ4n) is 3.69. The summed E-state index contributed by atoms with van der Waals surface area (Å²) < 4.78 is 5.85. The Morgan fingerprint density at radius 3 is 2.33 bits per heavy atom. The van der Waals surface area contributed by atoms with Crippen molar-refractivity contribution in [3.05, 3.63) is 87.9 Å². The lowest BCUT2D eigenvalue weighted by atomic mass is 10.1. The van der Waals surface area contributed by atoms with Crippen molar-refractivity contribution < 1.29 is 4.74 Å². The summed E-state index contributed by atoms with van der Waals surface area (Å²) in [5.41, 5.74) is 4.33. The maximum Gasteiger partial charge on any atom is 0.119 e. The summed E-state index contributed by atoms with van der Waals surface area (Å²) in [5.74, 6) is 0.826. The van der Waals surface area contributed by atoms with E-state index in [0.717, 1.165) is 52.4 Å². The maximum atomic E-state index is 6.55. The molecule has 30 heavy (non-hydrogen) atoms. The van der Waals surface area contributed by atoms with Gasteiger partial charge in [-0.15, -0.1) is 0 Å². The predicted molar refractivity (Wildman–Crippen MR) is 127 cm³/mol. The summed E-state index contributed by atoms with van der Waals surface area (Å²) in [4.78, 5) is 2.39. The molecule has 1 fully saturated rings. The number of piperidine rings is 1. The fraction of sp³-hybridized carbons (Fsp3) is 0.280. The lowest BCUT2D eigenvalue weighted by Crippen LogP contribution is -2.29. The number of halogens is 2. The van der Waals surface area contributed by atoms with Gasteiger partial charge in [0.2, 0.25) is 0 Å². The minimum Gasteiger partial charge on any atom is -0.489 e. The van der Waals surface area contributed by atoms with E-state index in [0.29, 0.717) is 6.61 Å². The summed E-state index contributed by atoms with van der Waals surface area (Å²) in [6.07, 6.45) is 3.81. The van der Waals surface area contributed by atoms with Gasteiger partial charge < -0.3 is 15.0 Å². The molecule has 3 aromatic rings. The summed E-state index contributed by atoms with van der Waals surface area (Å²) in [6, 6.07) is 22.1. The van der Waals surface area contributed by atoms with Crippen molar-refractivity contribution in [1.82, 2.24) is 0 Å². The van der Waals surface area contributed by atoms with Crippen molar-refractivity contribution >= 4 is 34.6 Å². The topological polar surface area (TPSA) is 24.5 Å². The van der Waals surface area contributed by atoms with Crippen LogP contribution in [0, 0.1) is 0 Å². The van der Waals surface area contributed by atoms with Crippen LogP contribution in [0.1, 0.15) is 30.4 Å². The van der Waals surface area contributed by atoms with Crippen LogP contribution in [-0.4, -0.2) is 13.1 Å². The standard InChI is InChI=1S/C25H26Cl2N2O/c26-23-7-3-2-6-20(23)18-30-22-11-8-19(9-12-22)17-28-21-10-13-25(24(27)16-21)29-14-4-1-5-15-29/h2-3,6-13,16,28H,1,4-5,14-15,17-18H2. The van der Waals surface area contributed by atoms with Gasteiger partial charge in [-0.25, -0.2) is 0 Å². The first-order valence-corrected chi connectivity index (χ1v) is 11.2. The van der Waals surface area contributed by atoms with Gasteiger partial charge in [-0.1, -0.05) is 53.5 Å². The Hall–Kier alpha value is -2.36. The number of nitrogens with zero attached hydrogens (tertiary/aromatic N) is 1. The molecule has 0 atom stereocenters. The summed E-state index contributed by atoms with van der Waals surface area (Å²) >= 11 is 12.7. The Morgan fingerprint density at radius 1 is 0.833 bits per heavy atom. The van der Waals surface area contributed by atoms with E-state index in [-0.39, 0.29) is 0 Å². The Labute approximate surface area is 188 Å². The van der Waals surface area contributed by atoms with E-state index in [1.54, 1.807) is 0 Å². The highest BCUT2D eigenvalue weighted by Crippen LogP contribution is 2.31. The minimum absolute atomic E-state index is 0.457. The molecule has 156 valence electrons. The fourth-order valence-corrected chi connectivity index (χ4v) is 4.18. The number of benzene rings is 3. The molecule has 3 aromatic carbocycles. The van der Waals surface area contributed by atoms with Crippen molar-refractivity contribution in [3.63, 3.8) is 0 Å². The van der Waals surface area contributed by atoms with Gasteiger partial charge in [0.15, 0.2) is 0 Å². The number of nitrogens with one attached hydrogen (secondary N) is 1. The van der Waals surface area contributed by atoms with Crippen LogP contribution in [0.25, 0.3) is 0 Å². The van der Waals surface area contributed by atoms with E-state index in [1.165, 1.54) is 24.8 Å². The van der Waals surface area contributed by atoms with Crippen molar-refractivity contribution in [2.45, 2.75) is 32.4 Å². The van der Waals surface area contributed by atoms with Crippen LogP contribution in [-0.2, 0) is 13.2 Å². The van der Waals surface area contributed by atoms with Gasteiger partial charge in [-0.3, -0.25) is 0 Å². The maximum absolute atomic E-state index is 6.55. The second kappa shape index (κ2) is 10.1. The average Bonchev–Trinajstić information content (AvgIpc) is 2.78. The Kier molecular flexibility index (Phi) is 7.03. The number of hydrogen-bond donors (Lipinski definition) is 1. The molecular formula is C25H26Cl2N2O. The smallest absolute Gasteiger partial charge is 0.119 e. The van der Waals surface area contributed by atoms with E-state index in [1.807, 2.05) is 42.5 Å². The molecule has 1 heterocycles. The molecule has 1 saturated heterocycles. The summed E-state index contributed by atoms with van der Waals surface area (Å²) in [7, 11) is 0. The summed E-state index contributed by atoms with van der Waals surface area (Å²) in [5, 5.41) is 4.99. The second-order valence-electron chi connectivity index (χ2n) is 7.59. The number of anilines is 2. The van der Waals surface area contributed by atoms with Crippen LogP contribution in [0.4, 0.5) is 11.4 Å². The van der Waals surface area contributed by atoms with Crippen molar-refractivity contribution in [3.8, 4) is 5.75 Å². The van der Waals surface area contributed by atoms with Gasteiger partial charge in [0.25, 0.3) is 0 Å². The third kappa shape index (κ3) is 5.41. The molecule has 0 radical (unpaired) electrons. The van der Waals surface area contributed by atoms with E-state index in [4.69, 9.17) is 27.9 Å². The predicted octanol–water partition coefficient (Wildman–Crippen LogP) is 7.17. The van der Waals surface area contributed by atoms with Crippen LogP contribution in [0.15, 0.2) is 66.7 Å². The van der Waals surface area contributed by atoms with Gasteiger partial charge in [-0.05, 0) is 61.2 Å². The van der Waals surface area contributed by atoms with Crippen LogP contribution >= 0.6 is 23.2 Å². The van der Waals surface area contributed by atoms with E-state index >= 15 is 0 Å². The molecule has 0 unspecified atom stereocenters. The lowest BCUT2D eigenvalue weighted by Gasteiger charge is -2.29. The van der Waals surface area contributed by atoms with E-state index in [2.05, 4.69) is 34.5 Å².